The second-order valence-electron chi connectivity index (χ2n) is 6.00. The summed E-state index contributed by atoms with van der Waals surface area (Å²) in [7, 11) is 0. The van der Waals surface area contributed by atoms with Crippen molar-refractivity contribution in [3.63, 3.8) is 0 Å². The Kier molecular flexibility index (Phi) is 3.73. The quantitative estimate of drug-likeness (QED) is 0.859. The lowest BCUT2D eigenvalue weighted by atomic mass is 9.92. The molecule has 0 aliphatic heterocycles. The molecule has 18 heavy (non-hydrogen) atoms. The van der Waals surface area contributed by atoms with Crippen LogP contribution in [0.25, 0.3) is 0 Å². The van der Waals surface area contributed by atoms with Gasteiger partial charge in [0.2, 0.25) is 5.95 Å². The highest BCUT2D eigenvalue weighted by molar-refractivity contribution is 5.47. The van der Waals surface area contributed by atoms with E-state index >= 15 is 0 Å². The van der Waals surface area contributed by atoms with E-state index in [1.54, 1.807) is 0 Å². The molecule has 4 nitrogen and oxygen atoms in total. The van der Waals surface area contributed by atoms with Crippen LogP contribution in [0.5, 0.6) is 0 Å². The maximum absolute atomic E-state index is 4.54. The molecule has 1 fully saturated rings. The third-order valence-electron chi connectivity index (χ3n) is 3.62. The van der Waals surface area contributed by atoms with Crippen molar-refractivity contribution in [1.82, 2.24) is 9.97 Å². The minimum atomic E-state index is 0.461. The summed E-state index contributed by atoms with van der Waals surface area (Å²) in [6.45, 7) is 9.63. The molecule has 1 atom stereocenters. The zero-order valence-corrected chi connectivity index (χ0v) is 11.9. The number of nitrogens with one attached hydrogen (secondary N) is 2. The highest BCUT2D eigenvalue weighted by Crippen LogP contribution is 2.38. The molecule has 0 aromatic carbocycles. The molecule has 0 saturated heterocycles. The summed E-state index contributed by atoms with van der Waals surface area (Å²) in [5.41, 5.74) is 1.57. The minimum Gasteiger partial charge on any atom is -0.367 e. The summed E-state index contributed by atoms with van der Waals surface area (Å²) in [5.74, 6) is 1.69. The third-order valence-corrected chi connectivity index (χ3v) is 3.62. The molecular weight excluding hydrogens is 224 g/mol. The molecule has 1 aliphatic carbocycles. The van der Waals surface area contributed by atoms with Gasteiger partial charge in [-0.1, -0.05) is 13.8 Å². The average Bonchev–Trinajstić information content (AvgIpc) is 2.63. The van der Waals surface area contributed by atoms with Gasteiger partial charge in [-0.2, -0.15) is 4.98 Å². The van der Waals surface area contributed by atoms with Gasteiger partial charge in [0.1, 0.15) is 5.82 Å². The number of aryl methyl sites for hydroxylation is 1. The van der Waals surface area contributed by atoms with Crippen molar-refractivity contribution in [2.45, 2.75) is 53.0 Å². The number of anilines is 2. The van der Waals surface area contributed by atoms with Crippen LogP contribution in [0, 0.1) is 12.3 Å². The van der Waals surface area contributed by atoms with Gasteiger partial charge in [-0.25, -0.2) is 4.98 Å². The van der Waals surface area contributed by atoms with Gasteiger partial charge in [-0.15, -0.1) is 0 Å². The van der Waals surface area contributed by atoms with Crippen LogP contribution < -0.4 is 10.6 Å². The highest BCUT2D eigenvalue weighted by Gasteiger charge is 2.31. The summed E-state index contributed by atoms with van der Waals surface area (Å²) in [5, 5.41) is 6.73. The van der Waals surface area contributed by atoms with E-state index < -0.39 is 0 Å². The molecule has 1 aromatic rings. The van der Waals surface area contributed by atoms with Crippen molar-refractivity contribution in [3.05, 3.63) is 11.8 Å². The molecule has 1 saturated carbocycles. The second kappa shape index (κ2) is 5.12. The molecule has 1 unspecified atom stereocenters. The van der Waals surface area contributed by atoms with Crippen molar-refractivity contribution in [1.29, 1.82) is 0 Å². The van der Waals surface area contributed by atoms with Gasteiger partial charge in [-0.3, -0.25) is 0 Å². The fourth-order valence-electron chi connectivity index (χ4n) is 2.58. The average molecular weight is 248 g/mol. The van der Waals surface area contributed by atoms with Crippen molar-refractivity contribution in [3.8, 4) is 0 Å². The Balaban J connectivity index is 2.06. The Morgan fingerprint density at radius 2 is 2.22 bits per heavy atom. The van der Waals surface area contributed by atoms with Gasteiger partial charge in [0.15, 0.2) is 0 Å². The van der Waals surface area contributed by atoms with Gasteiger partial charge < -0.3 is 10.6 Å². The molecule has 2 rings (SSSR count). The van der Waals surface area contributed by atoms with Gasteiger partial charge in [-0.05, 0) is 38.5 Å². The molecule has 2 N–H and O–H groups in total. The Morgan fingerprint density at radius 1 is 1.44 bits per heavy atom. The molecule has 4 heteroatoms. The Morgan fingerprint density at radius 3 is 2.83 bits per heavy atom. The first kappa shape index (κ1) is 13.1. The molecule has 1 aromatic heterocycles. The first-order valence-corrected chi connectivity index (χ1v) is 6.84. The highest BCUT2D eigenvalue weighted by atomic mass is 15.1. The summed E-state index contributed by atoms with van der Waals surface area (Å²) >= 11 is 0. The van der Waals surface area contributed by atoms with E-state index in [0.717, 1.165) is 17.9 Å². The smallest absolute Gasteiger partial charge is 0.224 e. The largest absolute Gasteiger partial charge is 0.367 e. The van der Waals surface area contributed by atoms with Crippen LogP contribution in [0.15, 0.2) is 6.20 Å². The Hall–Kier alpha value is -1.32. The molecule has 1 aliphatic rings. The minimum absolute atomic E-state index is 0.461. The Bertz CT molecular complexity index is 414. The normalized spacial score (nSPS) is 21.9. The number of nitrogens with zero attached hydrogens (tertiary/aromatic N) is 2. The first-order valence-electron chi connectivity index (χ1n) is 6.84. The van der Waals surface area contributed by atoms with Crippen LogP contribution in [0.2, 0.25) is 0 Å². The maximum atomic E-state index is 4.54. The lowest BCUT2D eigenvalue weighted by Crippen LogP contribution is -2.19. The van der Waals surface area contributed by atoms with Gasteiger partial charge in [0.25, 0.3) is 0 Å². The van der Waals surface area contributed by atoms with Crippen LogP contribution in [0.3, 0.4) is 0 Å². The van der Waals surface area contributed by atoms with Crippen LogP contribution in [0.1, 0.15) is 45.6 Å². The summed E-state index contributed by atoms with van der Waals surface area (Å²) in [4.78, 5) is 8.81. The second-order valence-corrected chi connectivity index (χ2v) is 6.00. The monoisotopic (exact) mass is 248 g/mol. The van der Waals surface area contributed by atoms with E-state index in [0.29, 0.717) is 17.4 Å². The van der Waals surface area contributed by atoms with E-state index in [2.05, 4.69) is 48.3 Å². The number of aromatic nitrogens is 2. The standard InChI is InChI=1S/C14H24N4/c1-5-15-13-16-9-10(2)12(18-13)17-11-6-7-14(3,4)8-11/h9,11H,5-8H2,1-4H3,(H2,15,16,17,18). The van der Waals surface area contributed by atoms with Crippen molar-refractivity contribution < 1.29 is 0 Å². The van der Waals surface area contributed by atoms with Crippen LogP contribution in [0.4, 0.5) is 11.8 Å². The lowest BCUT2D eigenvalue weighted by molar-refractivity contribution is 0.378. The van der Waals surface area contributed by atoms with E-state index in [1.165, 1.54) is 19.3 Å². The fourth-order valence-corrected chi connectivity index (χ4v) is 2.58. The fraction of sp³-hybridized carbons (Fsp3) is 0.714. The van der Waals surface area contributed by atoms with E-state index in [-0.39, 0.29) is 0 Å². The number of rotatable bonds is 4. The van der Waals surface area contributed by atoms with E-state index in [1.807, 2.05) is 6.20 Å². The SMILES string of the molecule is CCNc1ncc(C)c(NC2CCC(C)(C)C2)n1. The lowest BCUT2D eigenvalue weighted by Gasteiger charge is -2.19. The molecule has 0 bridgehead atoms. The third kappa shape index (κ3) is 3.12. The zero-order valence-electron chi connectivity index (χ0n) is 11.9. The Labute approximate surface area is 110 Å². The predicted molar refractivity (Wildman–Crippen MR) is 76.0 cm³/mol. The molecular formula is C14H24N4. The molecule has 100 valence electrons. The van der Waals surface area contributed by atoms with Gasteiger partial charge >= 0.3 is 0 Å². The molecule has 0 amide bonds. The molecule has 1 heterocycles. The predicted octanol–water partition coefficient (Wildman–Crippen LogP) is 3.21. The molecule has 0 radical (unpaired) electrons. The van der Waals surface area contributed by atoms with Crippen molar-refractivity contribution in [2.24, 2.45) is 5.41 Å². The summed E-state index contributed by atoms with van der Waals surface area (Å²) in [6.07, 6.45) is 5.61. The van der Waals surface area contributed by atoms with Crippen LogP contribution in [-0.4, -0.2) is 22.6 Å². The van der Waals surface area contributed by atoms with Crippen molar-refractivity contribution in [2.75, 3.05) is 17.2 Å². The molecule has 0 spiro atoms. The maximum Gasteiger partial charge on any atom is 0.224 e. The zero-order chi connectivity index (χ0) is 13.2. The van der Waals surface area contributed by atoms with Gasteiger partial charge in [0.05, 0.1) is 0 Å². The van der Waals surface area contributed by atoms with Crippen LogP contribution in [-0.2, 0) is 0 Å². The summed E-state index contributed by atoms with van der Waals surface area (Å²) in [6, 6.07) is 0.545. The first-order chi connectivity index (χ1) is 8.50. The summed E-state index contributed by atoms with van der Waals surface area (Å²) < 4.78 is 0. The van der Waals surface area contributed by atoms with Gasteiger partial charge in [0, 0.05) is 24.3 Å². The topological polar surface area (TPSA) is 49.8 Å². The van der Waals surface area contributed by atoms with E-state index in [4.69, 9.17) is 0 Å². The van der Waals surface area contributed by atoms with Crippen molar-refractivity contribution >= 4 is 11.8 Å². The van der Waals surface area contributed by atoms with Crippen LogP contribution >= 0.6 is 0 Å². The van der Waals surface area contributed by atoms with E-state index in [9.17, 15) is 0 Å². The number of hydrogen-bond donors (Lipinski definition) is 2. The number of hydrogen-bond acceptors (Lipinski definition) is 4.